The molecule has 1 unspecified atom stereocenters. The van der Waals surface area contributed by atoms with Crippen LogP contribution in [0.25, 0.3) is 0 Å². The Bertz CT molecular complexity index is 570. The van der Waals surface area contributed by atoms with E-state index in [1.165, 1.54) is 11.1 Å². The summed E-state index contributed by atoms with van der Waals surface area (Å²) in [6, 6.07) is 15.4. The Morgan fingerprint density at radius 3 is 2.62 bits per heavy atom. The van der Waals surface area contributed by atoms with Gasteiger partial charge in [-0.3, -0.25) is 0 Å². The van der Waals surface area contributed by atoms with Crippen LogP contribution in [0.1, 0.15) is 17.2 Å². The molecule has 1 aromatic carbocycles. The normalized spacial score (nSPS) is 19.7. The van der Waals surface area contributed by atoms with Gasteiger partial charge in [0.2, 0.25) is 0 Å². The predicted octanol–water partition coefficient (Wildman–Crippen LogP) is 3.47. The number of nitrogens with zero attached hydrogens (tertiary/aromatic N) is 3. The fraction of sp³-hybridized carbons (Fsp3) is 0.353. The van der Waals surface area contributed by atoms with Crippen molar-refractivity contribution in [2.75, 3.05) is 31.6 Å². The van der Waals surface area contributed by atoms with Gasteiger partial charge in [0.1, 0.15) is 5.82 Å². The molecule has 0 bridgehead atoms. The van der Waals surface area contributed by atoms with Gasteiger partial charge in [-0.15, -0.1) is 0 Å². The first-order valence-corrected chi connectivity index (χ1v) is 8.41. The molecular weight excluding hydrogens is 326 g/mol. The minimum Gasteiger partial charge on any atom is -0.347 e. The summed E-state index contributed by atoms with van der Waals surface area (Å²) in [5, 5.41) is 0.852. The van der Waals surface area contributed by atoms with Crippen molar-refractivity contribution < 1.29 is 0 Å². The number of pyridine rings is 1. The molecule has 1 aliphatic rings. The monoisotopic (exact) mass is 345 g/mol. The third kappa shape index (κ3) is 3.27. The summed E-state index contributed by atoms with van der Waals surface area (Å²) in [5.41, 5.74) is 2.57. The quantitative estimate of drug-likeness (QED) is 0.794. The second-order valence-electron chi connectivity index (χ2n) is 5.54. The summed E-state index contributed by atoms with van der Waals surface area (Å²) in [5.74, 6) is 1.07. The van der Waals surface area contributed by atoms with E-state index in [-0.39, 0.29) is 0 Å². The van der Waals surface area contributed by atoms with E-state index in [2.05, 4.69) is 80.2 Å². The second-order valence-corrected chi connectivity index (χ2v) is 6.10. The molecule has 0 aliphatic carbocycles. The van der Waals surface area contributed by atoms with E-state index in [1.807, 2.05) is 6.20 Å². The van der Waals surface area contributed by atoms with E-state index >= 15 is 0 Å². The Labute approximate surface area is 134 Å². The number of alkyl halides is 1. The lowest BCUT2D eigenvalue weighted by Gasteiger charge is -2.41. The van der Waals surface area contributed by atoms with Gasteiger partial charge in [-0.2, -0.15) is 0 Å². The number of halogens is 1. The van der Waals surface area contributed by atoms with Gasteiger partial charge in [-0.1, -0.05) is 52.3 Å². The first-order chi connectivity index (χ1) is 10.3. The number of benzene rings is 1. The maximum absolute atomic E-state index is 4.65. The van der Waals surface area contributed by atoms with Crippen molar-refractivity contribution >= 4 is 21.7 Å². The molecule has 0 amide bonds. The number of hydrogen-bond donors (Lipinski definition) is 0. The molecule has 21 heavy (non-hydrogen) atoms. The Kier molecular flexibility index (Phi) is 4.56. The molecule has 3 nitrogen and oxygen atoms in total. The van der Waals surface area contributed by atoms with Crippen LogP contribution in [0.3, 0.4) is 0 Å². The van der Waals surface area contributed by atoms with Crippen LogP contribution in [0.15, 0.2) is 48.7 Å². The van der Waals surface area contributed by atoms with Gasteiger partial charge in [0.05, 0.1) is 6.04 Å². The number of likely N-dealkylation sites (N-methyl/N-ethyl adjacent to an activating group) is 1. The second kappa shape index (κ2) is 6.58. The van der Waals surface area contributed by atoms with Crippen LogP contribution >= 0.6 is 15.9 Å². The average Bonchev–Trinajstić information content (AvgIpc) is 2.56. The van der Waals surface area contributed by atoms with E-state index in [1.54, 1.807) is 0 Å². The highest BCUT2D eigenvalue weighted by atomic mass is 79.9. The van der Waals surface area contributed by atoms with Crippen LogP contribution in [-0.2, 0) is 5.33 Å². The van der Waals surface area contributed by atoms with Crippen LogP contribution < -0.4 is 4.90 Å². The lowest BCUT2D eigenvalue weighted by molar-refractivity contribution is 0.268. The van der Waals surface area contributed by atoms with Crippen molar-refractivity contribution in [2.45, 2.75) is 11.4 Å². The fourth-order valence-electron chi connectivity index (χ4n) is 2.82. The third-order valence-electron chi connectivity index (χ3n) is 4.03. The Hall–Kier alpha value is -1.39. The molecule has 1 saturated heterocycles. The lowest BCUT2D eigenvalue weighted by Crippen LogP contribution is -2.47. The van der Waals surface area contributed by atoms with Gasteiger partial charge < -0.3 is 9.80 Å². The first kappa shape index (κ1) is 14.5. The molecule has 3 rings (SSSR count). The highest BCUT2D eigenvalue weighted by Gasteiger charge is 2.27. The Balaban J connectivity index is 1.90. The summed E-state index contributed by atoms with van der Waals surface area (Å²) in [7, 11) is 2.19. The SMILES string of the molecule is CN1CCN(c2ccc(CBr)cn2)C(c2ccccc2)C1. The molecule has 0 saturated carbocycles. The minimum absolute atomic E-state index is 0.368. The molecule has 4 heteroatoms. The van der Waals surface area contributed by atoms with Gasteiger partial charge >= 0.3 is 0 Å². The molecule has 1 atom stereocenters. The molecule has 1 fully saturated rings. The topological polar surface area (TPSA) is 19.4 Å². The highest BCUT2D eigenvalue weighted by Crippen LogP contribution is 2.29. The molecule has 0 N–H and O–H groups in total. The van der Waals surface area contributed by atoms with Crippen molar-refractivity contribution in [1.82, 2.24) is 9.88 Å². The van der Waals surface area contributed by atoms with Crippen molar-refractivity contribution in [3.8, 4) is 0 Å². The summed E-state index contributed by atoms with van der Waals surface area (Å²) in [4.78, 5) is 9.47. The van der Waals surface area contributed by atoms with E-state index < -0.39 is 0 Å². The van der Waals surface area contributed by atoms with Crippen molar-refractivity contribution in [2.24, 2.45) is 0 Å². The fourth-order valence-corrected chi connectivity index (χ4v) is 3.15. The standard InChI is InChI=1S/C17H20BrN3/c1-20-9-10-21(17-8-7-14(11-18)12-19-17)16(13-20)15-5-3-2-4-6-15/h2-8,12,16H,9-11,13H2,1H3. The van der Waals surface area contributed by atoms with Gasteiger partial charge in [-0.25, -0.2) is 4.98 Å². The van der Waals surface area contributed by atoms with Crippen LogP contribution in [0, 0.1) is 0 Å². The van der Waals surface area contributed by atoms with Crippen molar-refractivity contribution in [1.29, 1.82) is 0 Å². The van der Waals surface area contributed by atoms with E-state index in [9.17, 15) is 0 Å². The number of aromatic nitrogens is 1. The number of anilines is 1. The predicted molar refractivity (Wildman–Crippen MR) is 90.9 cm³/mol. The van der Waals surface area contributed by atoms with Crippen LogP contribution in [-0.4, -0.2) is 36.6 Å². The smallest absolute Gasteiger partial charge is 0.129 e. The van der Waals surface area contributed by atoms with Crippen LogP contribution in [0.5, 0.6) is 0 Å². The van der Waals surface area contributed by atoms with Crippen LogP contribution in [0.2, 0.25) is 0 Å². The Morgan fingerprint density at radius 2 is 1.95 bits per heavy atom. The summed E-state index contributed by atoms with van der Waals surface area (Å²) < 4.78 is 0. The lowest BCUT2D eigenvalue weighted by atomic mass is 10.0. The van der Waals surface area contributed by atoms with E-state index in [4.69, 9.17) is 0 Å². The van der Waals surface area contributed by atoms with Gasteiger partial charge in [0.15, 0.2) is 0 Å². The van der Waals surface area contributed by atoms with Crippen molar-refractivity contribution in [3.05, 3.63) is 59.8 Å². The van der Waals surface area contributed by atoms with Gasteiger partial charge in [-0.05, 0) is 24.2 Å². The molecule has 1 aromatic heterocycles. The molecule has 1 aliphatic heterocycles. The number of piperazine rings is 1. The molecular formula is C17H20BrN3. The highest BCUT2D eigenvalue weighted by molar-refractivity contribution is 9.08. The zero-order valence-corrected chi connectivity index (χ0v) is 13.8. The molecule has 0 radical (unpaired) electrons. The van der Waals surface area contributed by atoms with Crippen LogP contribution in [0.4, 0.5) is 5.82 Å². The third-order valence-corrected chi connectivity index (χ3v) is 4.67. The molecule has 110 valence electrons. The Morgan fingerprint density at radius 1 is 1.14 bits per heavy atom. The first-order valence-electron chi connectivity index (χ1n) is 7.29. The summed E-state index contributed by atoms with van der Waals surface area (Å²) in [6.45, 7) is 3.12. The average molecular weight is 346 g/mol. The van der Waals surface area contributed by atoms with Gasteiger partial charge in [0.25, 0.3) is 0 Å². The zero-order valence-electron chi connectivity index (χ0n) is 12.2. The largest absolute Gasteiger partial charge is 0.347 e. The number of rotatable bonds is 3. The number of hydrogen-bond acceptors (Lipinski definition) is 3. The maximum atomic E-state index is 4.65. The zero-order chi connectivity index (χ0) is 14.7. The molecule has 2 aromatic rings. The van der Waals surface area contributed by atoms with Gasteiger partial charge in [0, 0.05) is 31.2 Å². The van der Waals surface area contributed by atoms with E-state index in [0.717, 1.165) is 30.8 Å². The molecule has 0 spiro atoms. The summed E-state index contributed by atoms with van der Waals surface area (Å²) >= 11 is 3.47. The molecule has 2 heterocycles. The maximum Gasteiger partial charge on any atom is 0.129 e. The minimum atomic E-state index is 0.368. The van der Waals surface area contributed by atoms with Crippen molar-refractivity contribution in [3.63, 3.8) is 0 Å². The summed E-state index contributed by atoms with van der Waals surface area (Å²) in [6.07, 6.45) is 1.96. The van der Waals surface area contributed by atoms with E-state index in [0.29, 0.717) is 6.04 Å².